The monoisotopic (exact) mass is 417 g/mol. The number of nitrogens with zero attached hydrogens (tertiary/aromatic N) is 3. The number of carbonyl (C=O) groups excluding carboxylic acids is 1. The number of likely N-dealkylation sites (N-methyl/N-ethyl adjacent to an activating group) is 1. The van der Waals surface area contributed by atoms with E-state index in [1.54, 1.807) is 23.1 Å². The molecule has 0 aliphatic carbocycles. The van der Waals surface area contributed by atoms with E-state index in [1.165, 1.54) is 17.6 Å². The van der Waals surface area contributed by atoms with Crippen LogP contribution in [0.1, 0.15) is 5.56 Å². The maximum absolute atomic E-state index is 13.0. The van der Waals surface area contributed by atoms with Crippen LogP contribution in [0.5, 0.6) is 0 Å². The highest BCUT2D eigenvalue weighted by Gasteiger charge is 2.21. The van der Waals surface area contributed by atoms with E-state index in [2.05, 4.69) is 4.98 Å². The number of benzene rings is 2. The van der Waals surface area contributed by atoms with Crippen molar-refractivity contribution in [1.82, 2.24) is 9.88 Å². The number of fused-ring (bicyclic) bond motifs is 1. The van der Waals surface area contributed by atoms with Crippen molar-refractivity contribution in [1.29, 1.82) is 0 Å². The quantitative estimate of drug-likeness (QED) is 0.591. The SMILES string of the molecule is CN(C)CCN(C(=O)Cc1ccccc1)c1nc2ccc(S(C)(=O)=O)cc2s1. The number of thiazole rings is 1. The summed E-state index contributed by atoms with van der Waals surface area (Å²) in [5.74, 6) is -0.0320. The molecule has 28 heavy (non-hydrogen) atoms. The summed E-state index contributed by atoms with van der Waals surface area (Å²) in [5.41, 5.74) is 1.64. The molecule has 0 spiro atoms. The van der Waals surface area contributed by atoms with Gasteiger partial charge in [0, 0.05) is 19.3 Å². The van der Waals surface area contributed by atoms with Gasteiger partial charge in [-0.1, -0.05) is 41.7 Å². The molecular formula is C20H23N3O3S2. The highest BCUT2D eigenvalue weighted by molar-refractivity contribution is 7.90. The smallest absolute Gasteiger partial charge is 0.233 e. The van der Waals surface area contributed by atoms with Crippen molar-refractivity contribution in [3.05, 3.63) is 54.1 Å². The van der Waals surface area contributed by atoms with Crippen molar-refractivity contribution in [3.63, 3.8) is 0 Å². The summed E-state index contributed by atoms with van der Waals surface area (Å²) in [6.45, 7) is 1.21. The first-order valence-electron chi connectivity index (χ1n) is 8.84. The molecule has 0 aliphatic heterocycles. The van der Waals surface area contributed by atoms with Crippen LogP contribution in [0, 0.1) is 0 Å². The molecule has 0 saturated heterocycles. The molecule has 3 rings (SSSR count). The van der Waals surface area contributed by atoms with Crippen LogP contribution < -0.4 is 4.90 Å². The van der Waals surface area contributed by atoms with Crippen molar-refractivity contribution < 1.29 is 13.2 Å². The van der Waals surface area contributed by atoms with E-state index in [0.29, 0.717) is 30.2 Å². The Balaban J connectivity index is 1.93. The molecule has 0 unspecified atom stereocenters. The zero-order valence-electron chi connectivity index (χ0n) is 16.1. The lowest BCUT2D eigenvalue weighted by Crippen LogP contribution is -2.37. The fourth-order valence-corrected chi connectivity index (χ4v) is 4.50. The molecule has 0 aliphatic rings. The number of hydrogen-bond donors (Lipinski definition) is 0. The van der Waals surface area contributed by atoms with Crippen molar-refractivity contribution in [2.45, 2.75) is 11.3 Å². The number of anilines is 1. The summed E-state index contributed by atoms with van der Waals surface area (Å²) in [4.78, 5) is 21.6. The Morgan fingerprint density at radius 1 is 1.07 bits per heavy atom. The van der Waals surface area contributed by atoms with Gasteiger partial charge in [-0.15, -0.1) is 0 Å². The van der Waals surface area contributed by atoms with Gasteiger partial charge in [-0.05, 0) is 37.9 Å². The van der Waals surface area contributed by atoms with Crippen LogP contribution >= 0.6 is 11.3 Å². The molecule has 0 N–H and O–H groups in total. The molecule has 0 fully saturated rings. The summed E-state index contributed by atoms with van der Waals surface area (Å²) in [5, 5.41) is 0.587. The molecule has 0 bridgehead atoms. The van der Waals surface area contributed by atoms with Crippen LogP contribution in [0.25, 0.3) is 10.2 Å². The number of rotatable bonds is 7. The molecule has 8 heteroatoms. The third kappa shape index (κ3) is 4.95. The first-order valence-corrected chi connectivity index (χ1v) is 11.5. The molecule has 2 aromatic carbocycles. The number of amides is 1. The summed E-state index contributed by atoms with van der Waals surface area (Å²) in [6, 6.07) is 14.5. The summed E-state index contributed by atoms with van der Waals surface area (Å²) in [6.07, 6.45) is 1.47. The zero-order chi connectivity index (χ0) is 20.3. The second kappa shape index (κ2) is 8.38. The van der Waals surface area contributed by atoms with Crippen LogP contribution in [0.15, 0.2) is 53.4 Å². The summed E-state index contributed by atoms with van der Waals surface area (Å²) >= 11 is 1.34. The van der Waals surface area contributed by atoms with Gasteiger partial charge in [0.15, 0.2) is 15.0 Å². The van der Waals surface area contributed by atoms with Gasteiger partial charge >= 0.3 is 0 Å². The highest BCUT2D eigenvalue weighted by Crippen LogP contribution is 2.31. The summed E-state index contributed by atoms with van der Waals surface area (Å²) in [7, 11) is 0.618. The topological polar surface area (TPSA) is 70.6 Å². The van der Waals surface area contributed by atoms with E-state index < -0.39 is 9.84 Å². The van der Waals surface area contributed by atoms with Gasteiger partial charge in [-0.25, -0.2) is 13.4 Å². The Bertz CT molecular complexity index is 1080. The Kier molecular flexibility index (Phi) is 6.12. The fraction of sp³-hybridized carbons (Fsp3) is 0.300. The second-order valence-corrected chi connectivity index (χ2v) is 9.93. The molecule has 0 atom stereocenters. The third-order valence-electron chi connectivity index (χ3n) is 4.28. The number of sulfone groups is 1. The van der Waals surface area contributed by atoms with Crippen molar-refractivity contribution in [3.8, 4) is 0 Å². The molecule has 3 aromatic rings. The maximum Gasteiger partial charge on any atom is 0.233 e. The highest BCUT2D eigenvalue weighted by atomic mass is 32.2. The average Bonchev–Trinajstić information content (AvgIpc) is 3.04. The fourth-order valence-electron chi connectivity index (χ4n) is 2.73. The lowest BCUT2D eigenvalue weighted by atomic mass is 10.1. The average molecular weight is 418 g/mol. The molecule has 6 nitrogen and oxygen atoms in total. The van der Waals surface area contributed by atoms with Gasteiger partial charge in [0.2, 0.25) is 5.91 Å². The van der Waals surface area contributed by atoms with Gasteiger partial charge in [-0.3, -0.25) is 9.69 Å². The normalized spacial score (nSPS) is 11.9. The molecule has 0 saturated carbocycles. The van der Waals surface area contributed by atoms with Crippen LogP contribution in [0.4, 0.5) is 5.13 Å². The Hall–Kier alpha value is -2.29. The Labute approximate surface area is 169 Å². The first-order chi connectivity index (χ1) is 13.2. The van der Waals surface area contributed by atoms with Crippen molar-refractivity contribution in [2.75, 3.05) is 38.3 Å². The summed E-state index contributed by atoms with van der Waals surface area (Å²) < 4.78 is 24.4. The molecule has 148 valence electrons. The Morgan fingerprint density at radius 3 is 2.43 bits per heavy atom. The van der Waals surface area contributed by atoms with Gasteiger partial charge in [0.1, 0.15) is 0 Å². The van der Waals surface area contributed by atoms with Crippen LogP contribution in [0.3, 0.4) is 0 Å². The number of hydrogen-bond acceptors (Lipinski definition) is 6. The lowest BCUT2D eigenvalue weighted by molar-refractivity contribution is -0.118. The van der Waals surface area contributed by atoms with E-state index in [0.717, 1.165) is 10.3 Å². The first kappa shape index (κ1) is 20.4. The van der Waals surface area contributed by atoms with E-state index in [9.17, 15) is 13.2 Å². The molecule has 1 amide bonds. The minimum atomic E-state index is -3.29. The van der Waals surface area contributed by atoms with E-state index in [1.807, 2.05) is 49.3 Å². The standard InChI is InChI=1S/C20H23N3O3S2/c1-22(2)11-12-23(19(24)13-15-7-5-4-6-8-15)20-21-17-10-9-16(28(3,25)26)14-18(17)27-20/h4-10,14H,11-13H2,1-3H3. The maximum atomic E-state index is 13.0. The molecule has 1 heterocycles. The second-order valence-electron chi connectivity index (χ2n) is 6.91. The molecular weight excluding hydrogens is 394 g/mol. The number of carbonyl (C=O) groups is 1. The molecule has 0 radical (unpaired) electrons. The van der Waals surface area contributed by atoms with E-state index in [-0.39, 0.29) is 10.8 Å². The van der Waals surface area contributed by atoms with Crippen molar-refractivity contribution in [2.24, 2.45) is 0 Å². The van der Waals surface area contributed by atoms with Gasteiger partial charge < -0.3 is 4.90 Å². The van der Waals surface area contributed by atoms with Gasteiger partial charge in [0.05, 0.1) is 21.5 Å². The zero-order valence-corrected chi connectivity index (χ0v) is 17.8. The van der Waals surface area contributed by atoms with Gasteiger partial charge in [0.25, 0.3) is 0 Å². The van der Waals surface area contributed by atoms with Gasteiger partial charge in [-0.2, -0.15) is 0 Å². The van der Waals surface area contributed by atoms with Crippen LogP contribution in [0.2, 0.25) is 0 Å². The van der Waals surface area contributed by atoms with E-state index in [4.69, 9.17) is 0 Å². The third-order valence-corrected chi connectivity index (χ3v) is 6.43. The largest absolute Gasteiger partial charge is 0.308 e. The van der Waals surface area contributed by atoms with Crippen molar-refractivity contribution >= 4 is 42.4 Å². The predicted octanol–water partition coefficient (Wildman–Crippen LogP) is 2.84. The van der Waals surface area contributed by atoms with Crippen LogP contribution in [-0.2, 0) is 21.1 Å². The van der Waals surface area contributed by atoms with Crippen LogP contribution in [-0.4, -0.2) is 57.6 Å². The predicted molar refractivity (Wildman–Crippen MR) is 114 cm³/mol. The van der Waals surface area contributed by atoms with E-state index >= 15 is 0 Å². The number of aromatic nitrogens is 1. The molecule has 1 aromatic heterocycles. The Morgan fingerprint density at radius 2 is 1.79 bits per heavy atom. The minimum absolute atomic E-state index is 0.0320. The lowest BCUT2D eigenvalue weighted by Gasteiger charge is -2.22. The minimum Gasteiger partial charge on any atom is -0.308 e.